The molecular formula is C21H34ClN3O2. The Morgan fingerprint density at radius 2 is 1.89 bits per heavy atom. The van der Waals surface area contributed by atoms with Crippen molar-refractivity contribution in [1.29, 1.82) is 0 Å². The minimum Gasteiger partial charge on any atom is -0.341 e. The number of nitrogens with one attached hydrogen (secondary N) is 2. The van der Waals surface area contributed by atoms with Gasteiger partial charge in [0.1, 0.15) is 6.04 Å². The van der Waals surface area contributed by atoms with Crippen LogP contribution < -0.4 is 10.6 Å². The summed E-state index contributed by atoms with van der Waals surface area (Å²) >= 11 is 0. The average molecular weight is 396 g/mol. The molecule has 152 valence electrons. The summed E-state index contributed by atoms with van der Waals surface area (Å²) in [6.07, 6.45) is 2.05. The zero-order valence-electron chi connectivity index (χ0n) is 17.0. The Balaban J connectivity index is 0.00000364. The van der Waals surface area contributed by atoms with Gasteiger partial charge in [-0.25, -0.2) is 0 Å². The van der Waals surface area contributed by atoms with E-state index in [-0.39, 0.29) is 30.1 Å². The molecule has 1 aromatic rings. The van der Waals surface area contributed by atoms with Gasteiger partial charge in [0.05, 0.1) is 0 Å². The van der Waals surface area contributed by atoms with Crippen molar-refractivity contribution in [2.45, 2.75) is 46.6 Å². The summed E-state index contributed by atoms with van der Waals surface area (Å²) in [5, 5.41) is 6.35. The van der Waals surface area contributed by atoms with Crippen molar-refractivity contribution in [1.82, 2.24) is 15.5 Å². The molecule has 1 aliphatic rings. The molecule has 5 nitrogen and oxygen atoms in total. The Bertz CT molecular complexity index is 613. The fraction of sp³-hybridized carbons (Fsp3) is 0.619. The number of benzene rings is 1. The Kier molecular flexibility index (Phi) is 9.81. The van der Waals surface area contributed by atoms with Gasteiger partial charge in [0.25, 0.3) is 5.91 Å². The normalized spacial score (nSPS) is 16.0. The highest BCUT2D eigenvalue weighted by Crippen LogP contribution is 2.19. The molecule has 1 heterocycles. The summed E-state index contributed by atoms with van der Waals surface area (Å²) in [6, 6.07) is 6.98. The first-order valence-corrected chi connectivity index (χ1v) is 9.79. The van der Waals surface area contributed by atoms with Crippen LogP contribution in [0.3, 0.4) is 0 Å². The van der Waals surface area contributed by atoms with Crippen LogP contribution in [0.5, 0.6) is 0 Å². The molecule has 1 aliphatic heterocycles. The average Bonchev–Trinajstić information content (AvgIpc) is 2.64. The number of hydrogen-bond acceptors (Lipinski definition) is 3. The van der Waals surface area contributed by atoms with Crippen LogP contribution in [0.4, 0.5) is 0 Å². The molecule has 0 saturated carbocycles. The van der Waals surface area contributed by atoms with Crippen molar-refractivity contribution in [3.8, 4) is 0 Å². The molecule has 0 radical (unpaired) electrons. The molecule has 2 amide bonds. The number of carbonyl (C=O) groups excluding carboxylic acids is 2. The van der Waals surface area contributed by atoms with E-state index in [4.69, 9.17) is 0 Å². The number of halogens is 1. The zero-order chi connectivity index (χ0) is 19.1. The molecule has 0 aliphatic carbocycles. The van der Waals surface area contributed by atoms with Crippen LogP contribution in [-0.2, 0) is 4.79 Å². The van der Waals surface area contributed by atoms with Crippen LogP contribution >= 0.6 is 12.4 Å². The predicted molar refractivity (Wildman–Crippen MR) is 112 cm³/mol. The van der Waals surface area contributed by atoms with Crippen molar-refractivity contribution in [3.05, 3.63) is 35.4 Å². The number of amides is 2. The maximum atomic E-state index is 13.0. The van der Waals surface area contributed by atoms with Crippen LogP contribution in [0.15, 0.2) is 24.3 Å². The largest absolute Gasteiger partial charge is 0.341 e. The summed E-state index contributed by atoms with van der Waals surface area (Å²) in [6.45, 7) is 11.6. The van der Waals surface area contributed by atoms with Crippen LogP contribution in [0, 0.1) is 18.8 Å². The van der Waals surface area contributed by atoms with Gasteiger partial charge in [-0.1, -0.05) is 38.5 Å². The Morgan fingerprint density at radius 1 is 1.22 bits per heavy atom. The second kappa shape index (κ2) is 11.3. The topological polar surface area (TPSA) is 61.4 Å². The van der Waals surface area contributed by atoms with Crippen LogP contribution in [-0.4, -0.2) is 48.9 Å². The van der Waals surface area contributed by atoms with Gasteiger partial charge in [-0.2, -0.15) is 0 Å². The van der Waals surface area contributed by atoms with Crippen LogP contribution in [0.2, 0.25) is 0 Å². The van der Waals surface area contributed by atoms with E-state index in [1.54, 1.807) is 6.07 Å². The second-order valence-electron chi connectivity index (χ2n) is 7.64. The number of rotatable bonds is 7. The lowest BCUT2D eigenvalue weighted by atomic mass is 9.94. The molecule has 2 rings (SSSR count). The van der Waals surface area contributed by atoms with Gasteiger partial charge in [-0.15, -0.1) is 12.4 Å². The van der Waals surface area contributed by atoms with E-state index >= 15 is 0 Å². The van der Waals surface area contributed by atoms with E-state index in [0.717, 1.165) is 44.6 Å². The SMILES string of the molecule is CCNCC1CCN(C(=O)C(NC(=O)c2cccc(C)c2)C(C)C)CC1.Cl. The lowest BCUT2D eigenvalue weighted by molar-refractivity contribution is -0.135. The number of carbonyl (C=O) groups is 2. The molecule has 2 N–H and O–H groups in total. The Labute approximate surface area is 169 Å². The van der Waals surface area contributed by atoms with Gasteiger partial charge >= 0.3 is 0 Å². The van der Waals surface area contributed by atoms with Crippen LogP contribution in [0.1, 0.15) is 49.5 Å². The molecule has 1 fully saturated rings. The molecule has 1 atom stereocenters. The molecular weight excluding hydrogens is 362 g/mol. The van der Waals surface area contributed by atoms with Crippen molar-refractivity contribution >= 4 is 24.2 Å². The van der Waals surface area contributed by atoms with E-state index in [9.17, 15) is 9.59 Å². The number of piperidine rings is 1. The molecule has 1 saturated heterocycles. The first-order valence-electron chi connectivity index (χ1n) is 9.79. The second-order valence-corrected chi connectivity index (χ2v) is 7.64. The summed E-state index contributed by atoms with van der Waals surface area (Å²) < 4.78 is 0. The number of nitrogens with zero attached hydrogens (tertiary/aromatic N) is 1. The predicted octanol–water partition coefficient (Wildman–Crippen LogP) is 3.02. The van der Waals surface area contributed by atoms with Gasteiger partial charge in [-0.3, -0.25) is 9.59 Å². The lowest BCUT2D eigenvalue weighted by Crippen LogP contribution is -2.53. The van der Waals surface area contributed by atoms with E-state index in [2.05, 4.69) is 17.6 Å². The fourth-order valence-corrected chi connectivity index (χ4v) is 3.43. The highest BCUT2D eigenvalue weighted by Gasteiger charge is 2.31. The zero-order valence-corrected chi connectivity index (χ0v) is 17.8. The summed E-state index contributed by atoms with van der Waals surface area (Å²) in [4.78, 5) is 27.5. The summed E-state index contributed by atoms with van der Waals surface area (Å²) in [5.41, 5.74) is 1.64. The third kappa shape index (κ3) is 6.82. The first kappa shape index (κ1) is 23.4. The Hall–Kier alpha value is -1.59. The van der Waals surface area contributed by atoms with E-state index < -0.39 is 6.04 Å². The first-order chi connectivity index (χ1) is 12.4. The highest BCUT2D eigenvalue weighted by atomic mass is 35.5. The summed E-state index contributed by atoms with van der Waals surface area (Å²) in [7, 11) is 0. The van der Waals surface area contributed by atoms with Crippen LogP contribution in [0.25, 0.3) is 0 Å². The maximum Gasteiger partial charge on any atom is 0.251 e. The smallest absolute Gasteiger partial charge is 0.251 e. The van der Waals surface area contributed by atoms with Gasteiger partial charge < -0.3 is 15.5 Å². The van der Waals surface area contributed by atoms with Gasteiger partial charge in [0.2, 0.25) is 5.91 Å². The van der Waals surface area contributed by atoms with Crippen molar-refractivity contribution in [2.75, 3.05) is 26.2 Å². The molecule has 0 aromatic heterocycles. The van der Waals surface area contributed by atoms with E-state index in [1.807, 2.05) is 43.9 Å². The molecule has 27 heavy (non-hydrogen) atoms. The third-order valence-electron chi connectivity index (χ3n) is 5.11. The van der Waals surface area contributed by atoms with Crippen molar-refractivity contribution < 1.29 is 9.59 Å². The van der Waals surface area contributed by atoms with Gasteiger partial charge in [0, 0.05) is 18.7 Å². The van der Waals surface area contributed by atoms with Gasteiger partial charge in [-0.05, 0) is 56.8 Å². The quantitative estimate of drug-likeness (QED) is 0.746. The van der Waals surface area contributed by atoms with Crippen molar-refractivity contribution in [3.63, 3.8) is 0 Å². The van der Waals surface area contributed by atoms with Gasteiger partial charge in [0.15, 0.2) is 0 Å². The lowest BCUT2D eigenvalue weighted by Gasteiger charge is -2.35. The van der Waals surface area contributed by atoms with E-state index in [1.165, 1.54) is 0 Å². The number of aryl methyl sites for hydroxylation is 1. The van der Waals surface area contributed by atoms with Crippen molar-refractivity contribution in [2.24, 2.45) is 11.8 Å². The standard InChI is InChI=1S/C21H33N3O2.ClH/c1-5-22-14-17-9-11-24(12-10-17)21(26)19(15(2)3)23-20(25)18-8-6-7-16(4)13-18;/h6-8,13,15,17,19,22H,5,9-12,14H2,1-4H3,(H,23,25);1H. The molecule has 1 aromatic carbocycles. The Morgan fingerprint density at radius 3 is 2.44 bits per heavy atom. The molecule has 1 unspecified atom stereocenters. The molecule has 0 spiro atoms. The molecule has 6 heteroatoms. The minimum atomic E-state index is -0.478. The number of hydrogen-bond donors (Lipinski definition) is 2. The monoisotopic (exact) mass is 395 g/mol. The fourth-order valence-electron chi connectivity index (χ4n) is 3.43. The molecule has 0 bridgehead atoms. The minimum absolute atomic E-state index is 0. The maximum absolute atomic E-state index is 13.0. The highest BCUT2D eigenvalue weighted by molar-refractivity contribution is 5.97. The van der Waals surface area contributed by atoms with E-state index in [0.29, 0.717) is 11.5 Å². The number of likely N-dealkylation sites (tertiary alicyclic amines) is 1. The summed E-state index contributed by atoms with van der Waals surface area (Å²) in [5.74, 6) is 0.555. The third-order valence-corrected chi connectivity index (χ3v) is 5.11.